The van der Waals surface area contributed by atoms with Gasteiger partial charge in [0.05, 0.1) is 13.7 Å². The van der Waals surface area contributed by atoms with E-state index in [1.54, 1.807) is 13.2 Å². The number of nitrogens with one attached hydrogen (secondary N) is 1. The van der Waals surface area contributed by atoms with Gasteiger partial charge in [-0.15, -0.1) is 5.10 Å². The molecule has 5 heteroatoms. The molecule has 102 valence electrons. The second-order valence-corrected chi connectivity index (χ2v) is 5.50. The van der Waals surface area contributed by atoms with Crippen molar-refractivity contribution in [3.05, 3.63) is 22.5 Å². The summed E-state index contributed by atoms with van der Waals surface area (Å²) in [6.45, 7) is 8.87. The molecule has 0 aliphatic rings. The SMILES string of the molecule is COc1ccc(=O)n(CCNCCC(C)(C)C)n1. The van der Waals surface area contributed by atoms with Crippen LogP contribution < -0.4 is 15.6 Å². The minimum Gasteiger partial charge on any atom is -0.480 e. The van der Waals surface area contributed by atoms with E-state index >= 15 is 0 Å². The van der Waals surface area contributed by atoms with Gasteiger partial charge in [0.25, 0.3) is 5.56 Å². The van der Waals surface area contributed by atoms with Crippen molar-refractivity contribution in [2.75, 3.05) is 20.2 Å². The summed E-state index contributed by atoms with van der Waals surface area (Å²) in [5.41, 5.74) is 0.228. The van der Waals surface area contributed by atoms with E-state index in [0.717, 1.165) is 19.5 Å². The average Bonchev–Trinajstić information content (AvgIpc) is 2.29. The maximum Gasteiger partial charge on any atom is 0.267 e. The van der Waals surface area contributed by atoms with Crippen LogP contribution in [0.3, 0.4) is 0 Å². The molecule has 0 aliphatic heterocycles. The number of rotatable bonds is 6. The van der Waals surface area contributed by atoms with Crippen LogP contribution in [0.4, 0.5) is 0 Å². The molecule has 5 nitrogen and oxygen atoms in total. The molecule has 0 aliphatic carbocycles. The van der Waals surface area contributed by atoms with Crippen molar-refractivity contribution < 1.29 is 4.74 Å². The summed E-state index contributed by atoms with van der Waals surface area (Å²) in [4.78, 5) is 11.5. The van der Waals surface area contributed by atoms with E-state index in [-0.39, 0.29) is 5.56 Å². The summed E-state index contributed by atoms with van der Waals surface area (Å²) in [6, 6.07) is 3.05. The maximum absolute atomic E-state index is 11.5. The molecule has 1 aromatic heterocycles. The number of hydrogen-bond donors (Lipinski definition) is 1. The van der Waals surface area contributed by atoms with Crippen molar-refractivity contribution in [2.45, 2.75) is 33.7 Å². The predicted molar refractivity (Wildman–Crippen MR) is 72.0 cm³/mol. The van der Waals surface area contributed by atoms with Crippen LogP contribution in [0.1, 0.15) is 27.2 Å². The van der Waals surface area contributed by atoms with Crippen LogP contribution in [-0.2, 0) is 6.54 Å². The Labute approximate surface area is 108 Å². The first-order chi connectivity index (χ1) is 8.42. The lowest BCUT2D eigenvalue weighted by Crippen LogP contribution is -2.30. The van der Waals surface area contributed by atoms with Gasteiger partial charge >= 0.3 is 0 Å². The van der Waals surface area contributed by atoms with E-state index in [1.165, 1.54) is 10.7 Å². The third kappa shape index (κ3) is 5.31. The highest BCUT2D eigenvalue weighted by Gasteiger charge is 2.08. The highest BCUT2D eigenvalue weighted by atomic mass is 16.5. The van der Waals surface area contributed by atoms with Gasteiger partial charge in [0.15, 0.2) is 0 Å². The second kappa shape index (κ2) is 6.54. The molecule has 0 unspecified atom stereocenters. The fourth-order valence-electron chi connectivity index (χ4n) is 1.47. The normalized spacial score (nSPS) is 11.6. The summed E-state index contributed by atoms with van der Waals surface area (Å²) in [5.74, 6) is 0.462. The molecule has 0 amide bonds. The fourth-order valence-corrected chi connectivity index (χ4v) is 1.47. The first kappa shape index (κ1) is 14.7. The summed E-state index contributed by atoms with van der Waals surface area (Å²) < 4.78 is 6.41. The van der Waals surface area contributed by atoms with E-state index < -0.39 is 0 Å². The minimum atomic E-state index is -0.103. The lowest BCUT2D eigenvalue weighted by molar-refractivity contribution is 0.358. The molecule has 0 aromatic carbocycles. The lowest BCUT2D eigenvalue weighted by atomic mass is 9.92. The lowest BCUT2D eigenvalue weighted by Gasteiger charge is -2.18. The van der Waals surface area contributed by atoms with Crippen LogP contribution in [0, 0.1) is 5.41 Å². The van der Waals surface area contributed by atoms with Crippen LogP contribution in [0.15, 0.2) is 16.9 Å². The van der Waals surface area contributed by atoms with E-state index in [1.807, 2.05) is 0 Å². The van der Waals surface area contributed by atoms with Gasteiger partial charge in [-0.25, -0.2) is 4.68 Å². The highest BCUT2D eigenvalue weighted by molar-refractivity contribution is 5.05. The summed E-state index contributed by atoms with van der Waals surface area (Å²) in [5, 5.41) is 7.39. The van der Waals surface area contributed by atoms with Crippen LogP contribution in [0.2, 0.25) is 0 Å². The van der Waals surface area contributed by atoms with Crippen molar-refractivity contribution in [3.8, 4) is 5.88 Å². The van der Waals surface area contributed by atoms with Crippen molar-refractivity contribution in [1.29, 1.82) is 0 Å². The van der Waals surface area contributed by atoms with E-state index in [2.05, 4.69) is 31.2 Å². The van der Waals surface area contributed by atoms with E-state index in [9.17, 15) is 4.79 Å². The van der Waals surface area contributed by atoms with Gasteiger partial charge < -0.3 is 10.1 Å². The molecular weight excluding hydrogens is 230 g/mol. The predicted octanol–water partition coefficient (Wildman–Crippen LogP) is 1.28. The van der Waals surface area contributed by atoms with Crippen molar-refractivity contribution in [1.82, 2.24) is 15.1 Å². The smallest absolute Gasteiger partial charge is 0.267 e. The van der Waals surface area contributed by atoms with Crippen LogP contribution in [-0.4, -0.2) is 30.0 Å². The minimum absolute atomic E-state index is 0.103. The number of nitrogens with zero attached hydrogens (tertiary/aromatic N) is 2. The zero-order chi connectivity index (χ0) is 13.6. The Kier molecular flexibility index (Phi) is 5.34. The number of aromatic nitrogens is 2. The van der Waals surface area contributed by atoms with Crippen LogP contribution >= 0.6 is 0 Å². The van der Waals surface area contributed by atoms with Gasteiger partial charge in [0.1, 0.15) is 0 Å². The van der Waals surface area contributed by atoms with Gasteiger partial charge in [-0.2, -0.15) is 0 Å². The molecule has 1 rings (SSSR count). The average molecular weight is 253 g/mol. The first-order valence-corrected chi connectivity index (χ1v) is 6.25. The Morgan fingerprint density at radius 1 is 1.33 bits per heavy atom. The van der Waals surface area contributed by atoms with Gasteiger partial charge in [0.2, 0.25) is 5.88 Å². The molecule has 1 heterocycles. The Balaban J connectivity index is 2.37. The number of hydrogen-bond acceptors (Lipinski definition) is 4. The quantitative estimate of drug-likeness (QED) is 0.776. The van der Waals surface area contributed by atoms with Crippen LogP contribution in [0.5, 0.6) is 5.88 Å². The Morgan fingerprint density at radius 3 is 2.67 bits per heavy atom. The summed E-state index contributed by atoms with van der Waals surface area (Å²) >= 11 is 0. The van der Waals surface area contributed by atoms with E-state index in [0.29, 0.717) is 17.8 Å². The van der Waals surface area contributed by atoms with Crippen molar-refractivity contribution in [2.24, 2.45) is 5.41 Å². The molecule has 0 atom stereocenters. The number of methoxy groups -OCH3 is 1. The third-order valence-electron chi connectivity index (χ3n) is 2.60. The maximum atomic E-state index is 11.5. The molecule has 0 spiro atoms. The fraction of sp³-hybridized carbons (Fsp3) is 0.692. The molecule has 0 bridgehead atoms. The van der Waals surface area contributed by atoms with Gasteiger partial charge in [-0.05, 0) is 18.4 Å². The third-order valence-corrected chi connectivity index (χ3v) is 2.60. The van der Waals surface area contributed by atoms with Crippen molar-refractivity contribution in [3.63, 3.8) is 0 Å². The summed E-state index contributed by atoms with van der Waals surface area (Å²) in [6.07, 6.45) is 1.10. The molecule has 0 saturated carbocycles. The largest absolute Gasteiger partial charge is 0.480 e. The van der Waals surface area contributed by atoms with Gasteiger partial charge in [0, 0.05) is 18.7 Å². The molecule has 18 heavy (non-hydrogen) atoms. The zero-order valence-electron chi connectivity index (χ0n) is 11.7. The molecule has 0 radical (unpaired) electrons. The highest BCUT2D eigenvalue weighted by Crippen LogP contribution is 2.16. The van der Waals surface area contributed by atoms with E-state index in [4.69, 9.17) is 4.74 Å². The zero-order valence-corrected chi connectivity index (χ0v) is 11.7. The Bertz CT molecular complexity index is 421. The summed E-state index contributed by atoms with van der Waals surface area (Å²) in [7, 11) is 1.54. The van der Waals surface area contributed by atoms with Crippen molar-refractivity contribution >= 4 is 0 Å². The molecule has 1 aromatic rings. The standard InChI is InChI=1S/C13H23N3O2/c1-13(2,3)7-8-14-9-10-16-12(17)6-5-11(15-16)18-4/h5-6,14H,7-10H2,1-4H3. The van der Waals surface area contributed by atoms with Gasteiger partial charge in [-0.3, -0.25) is 4.79 Å². The topological polar surface area (TPSA) is 56.1 Å². The molecular formula is C13H23N3O2. The monoisotopic (exact) mass is 253 g/mol. The number of ether oxygens (including phenoxy) is 1. The molecule has 0 saturated heterocycles. The Hall–Kier alpha value is -1.36. The van der Waals surface area contributed by atoms with Crippen LogP contribution in [0.25, 0.3) is 0 Å². The second-order valence-electron chi connectivity index (χ2n) is 5.50. The Morgan fingerprint density at radius 2 is 2.06 bits per heavy atom. The van der Waals surface area contributed by atoms with Gasteiger partial charge in [-0.1, -0.05) is 20.8 Å². The molecule has 0 fully saturated rings. The molecule has 1 N–H and O–H groups in total. The first-order valence-electron chi connectivity index (χ1n) is 6.25.